The molecule has 2 aromatic rings. The maximum atomic E-state index is 13.0. The highest BCUT2D eigenvalue weighted by Gasteiger charge is 2.29. The number of ether oxygens (including phenoxy) is 1. The number of carbonyl (C=O) groups excluding carboxylic acids is 1. The molecular formula is C13H15F2N3O3. The lowest BCUT2D eigenvalue weighted by molar-refractivity contribution is 0.0476. The molecule has 2 aromatic heterocycles. The molecule has 0 fully saturated rings. The number of aryl methyl sites for hydroxylation is 2. The summed E-state index contributed by atoms with van der Waals surface area (Å²) in [6, 6.07) is 0. The molecule has 21 heavy (non-hydrogen) atoms. The number of carbonyl (C=O) groups is 1. The van der Waals surface area contributed by atoms with Gasteiger partial charge in [-0.1, -0.05) is 6.92 Å². The Hall–Kier alpha value is -2.25. The van der Waals surface area contributed by atoms with E-state index in [4.69, 9.17) is 9.15 Å². The van der Waals surface area contributed by atoms with Gasteiger partial charge in [0.1, 0.15) is 0 Å². The summed E-state index contributed by atoms with van der Waals surface area (Å²) in [4.78, 5) is 15.4. The van der Waals surface area contributed by atoms with Crippen LogP contribution in [0.2, 0.25) is 0 Å². The number of aromatic nitrogens is 3. The fourth-order valence-electron chi connectivity index (χ4n) is 1.91. The molecule has 0 atom stereocenters. The Morgan fingerprint density at radius 1 is 1.48 bits per heavy atom. The number of hydrogen-bond acceptors (Lipinski definition) is 5. The van der Waals surface area contributed by atoms with E-state index in [-0.39, 0.29) is 12.5 Å². The summed E-state index contributed by atoms with van der Waals surface area (Å²) in [6.45, 7) is 3.51. The summed E-state index contributed by atoms with van der Waals surface area (Å²) < 4.78 is 37.4. The van der Waals surface area contributed by atoms with Gasteiger partial charge in [0.15, 0.2) is 5.69 Å². The summed E-state index contributed by atoms with van der Waals surface area (Å²) in [5.74, 6) is -1.57. The van der Waals surface area contributed by atoms with Crippen molar-refractivity contribution in [1.29, 1.82) is 0 Å². The van der Waals surface area contributed by atoms with Crippen LogP contribution in [-0.2, 0) is 18.2 Å². The quantitative estimate of drug-likeness (QED) is 0.794. The zero-order valence-corrected chi connectivity index (χ0v) is 11.9. The maximum Gasteiger partial charge on any atom is 0.376 e. The number of esters is 1. The molecule has 2 heterocycles. The van der Waals surface area contributed by atoms with Gasteiger partial charge in [-0.2, -0.15) is 5.10 Å². The van der Waals surface area contributed by atoms with Gasteiger partial charge in [-0.15, -0.1) is 0 Å². The molecule has 0 bridgehead atoms. The van der Waals surface area contributed by atoms with Crippen molar-refractivity contribution in [3.05, 3.63) is 23.3 Å². The van der Waals surface area contributed by atoms with E-state index in [1.807, 2.05) is 6.92 Å². The van der Waals surface area contributed by atoms with Crippen LogP contribution in [0.25, 0.3) is 11.5 Å². The second-order valence-corrected chi connectivity index (χ2v) is 4.27. The van der Waals surface area contributed by atoms with Crippen LogP contribution in [-0.4, -0.2) is 27.3 Å². The Bertz CT molecular complexity index is 649. The molecule has 0 saturated carbocycles. The topological polar surface area (TPSA) is 70.2 Å². The first-order valence-electron chi connectivity index (χ1n) is 6.46. The molecule has 114 valence electrons. The smallest absolute Gasteiger partial charge is 0.376 e. The van der Waals surface area contributed by atoms with Crippen molar-refractivity contribution < 1.29 is 22.7 Å². The van der Waals surface area contributed by atoms with Gasteiger partial charge in [-0.3, -0.25) is 4.68 Å². The van der Waals surface area contributed by atoms with Gasteiger partial charge < -0.3 is 9.15 Å². The molecule has 0 aromatic carbocycles. The minimum Gasteiger partial charge on any atom is -0.460 e. The van der Waals surface area contributed by atoms with E-state index in [1.165, 1.54) is 4.68 Å². The number of hydrogen-bond donors (Lipinski definition) is 0. The highest BCUT2D eigenvalue weighted by atomic mass is 19.3. The standard InChI is InChI=1S/C13H15F2N3O3/c1-4-8-7(6-18(3)17-8)12-16-9(11(14)15)10(21-12)13(19)20-5-2/h6,11H,4-5H2,1-3H3. The zero-order chi connectivity index (χ0) is 15.6. The molecule has 6 nitrogen and oxygen atoms in total. The normalized spacial score (nSPS) is 11.1. The summed E-state index contributed by atoms with van der Waals surface area (Å²) in [5.41, 5.74) is 0.418. The van der Waals surface area contributed by atoms with Crippen molar-refractivity contribution in [2.24, 2.45) is 7.05 Å². The van der Waals surface area contributed by atoms with Gasteiger partial charge >= 0.3 is 5.97 Å². The number of alkyl halides is 2. The minimum atomic E-state index is -2.93. The number of oxazole rings is 1. The molecule has 8 heteroatoms. The highest BCUT2D eigenvalue weighted by Crippen LogP contribution is 2.30. The van der Waals surface area contributed by atoms with Gasteiger partial charge in [-0.25, -0.2) is 18.6 Å². The molecule has 0 N–H and O–H groups in total. The monoisotopic (exact) mass is 299 g/mol. The third-order valence-electron chi connectivity index (χ3n) is 2.79. The predicted molar refractivity (Wildman–Crippen MR) is 69.0 cm³/mol. The van der Waals surface area contributed by atoms with Crippen molar-refractivity contribution in [2.45, 2.75) is 26.7 Å². The fourth-order valence-corrected chi connectivity index (χ4v) is 1.91. The minimum absolute atomic E-state index is 0.0571. The largest absolute Gasteiger partial charge is 0.460 e. The van der Waals surface area contributed by atoms with E-state index in [0.29, 0.717) is 17.7 Å². The van der Waals surface area contributed by atoms with Crippen LogP contribution in [0.3, 0.4) is 0 Å². The lowest BCUT2D eigenvalue weighted by atomic mass is 10.2. The maximum absolute atomic E-state index is 13.0. The van der Waals surface area contributed by atoms with Gasteiger partial charge in [0, 0.05) is 13.2 Å². The van der Waals surface area contributed by atoms with Crippen LogP contribution in [0.4, 0.5) is 8.78 Å². The molecule has 0 spiro atoms. The molecule has 0 aliphatic carbocycles. The summed E-state index contributed by atoms with van der Waals surface area (Å²) in [5, 5.41) is 4.18. The van der Waals surface area contributed by atoms with Crippen LogP contribution in [0.5, 0.6) is 0 Å². The molecule has 0 saturated heterocycles. The van der Waals surface area contributed by atoms with Crippen LogP contribution < -0.4 is 0 Å². The Kier molecular flexibility index (Phi) is 4.35. The SMILES string of the molecule is CCOC(=O)c1oc(-c2cn(C)nc2CC)nc1C(F)F. The first-order chi connectivity index (χ1) is 9.97. The Morgan fingerprint density at radius 2 is 2.19 bits per heavy atom. The highest BCUT2D eigenvalue weighted by molar-refractivity contribution is 5.88. The van der Waals surface area contributed by atoms with Crippen LogP contribution in [0.15, 0.2) is 10.6 Å². The van der Waals surface area contributed by atoms with Crippen LogP contribution >= 0.6 is 0 Å². The number of nitrogens with zero attached hydrogens (tertiary/aromatic N) is 3. The lowest BCUT2D eigenvalue weighted by Crippen LogP contribution is -2.06. The lowest BCUT2D eigenvalue weighted by Gasteiger charge is -1.99. The molecule has 0 radical (unpaired) electrons. The van der Waals surface area contributed by atoms with Crippen molar-refractivity contribution in [2.75, 3.05) is 6.61 Å². The summed E-state index contributed by atoms with van der Waals surface area (Å²) in [7, 11) is 1.70. The van der Waals surface area contributed by atoms with Gasteiger partial charge in [0.2, 0.25) is 11.7 Å². The zero-order valence-electron chi connectivity index (χ0n) is 11.9. The molecule has 2 rings (SSSR count). The van der Waals surface area contributed by atoms with Gasteiger partial charge in [0.25, 0.3) is 6.43 Å². The van der Waals surface area contributed by atoms with E-state index >= 15 is 0 Å². The Labute approximate surface area is 119 Å². The predicted octanol–water partition coefficient (Wildman–Crippen LogP) is 2.75. The first kappa shape index (κ1) is 15.1. The Morgan fingerprint density at radius 3 is 2.76 bits per heavy atom. The first-order valence-corrected chi connectivity index (χ1v) is 6.46. The van der Waals surface area contributed by atoms with Crippen molar-refractivity contribution >= 4 is 5.97 Å². The fraction of sp³-hybridized carbons (Fsp3) is 0.462. The molecule has 0 unspecified atom stereocenters. The van der Waals surface area contributed by atoms with Crippen molar-refractivity contribution in [3.8, 4) is 11.5 Å². The van der Waals surface area contributed by atoms with Gasteiger partial charge in [-0.05, 0) is 13.3 Å². The average molecular weight is 299 g/mol. The van der Waals surface area contributed by atoms with E-state index in [9.17, 15) is 13.6 Å². The summed E-state index contributed by atoms with van der Waals surface area (Å²) in [6.07, 6.45) is -0.741. The van der Waals surface area contributed by atoms with E-state index in [0.717, 1.165) is 0 Å². The van der Waals surface area contributed by atoms with E-state index in [2.05, 4.69) is 10.1 Å². The van der Waals surface area contributed by atoms with E-state index < -0.39 is 23.8 Å². The molecule has 0 amide bonds. The average Bonchev–Trinajstić information content (AvgIpc) is 3.02. The summed E-state index contributed by atoms with van der Waals surface area (Å²) >= 11 is 0. The number of rotatable bonds is 5. The van der Waals surface area contributed by atoms with Crippen molar-refractivity contribution in [3.63, 3.8) is 0 Å². The van der Waals surface area contributed by atoms with E-state index in [1.54, 1.807) is 20.2 Å². The third-order valence-corrected chi connectivity index (χ3v) is 2.79. The molecular weight excluding hydrogens is 284 g/mol. The van der Waals surface area contributed by atoms with Crippen LogP contribution in [0, 0.1) is 0 Å². The Balaban J connectivity index is 2.50. The third kappa shape index (κ3) is 2.93. The van der Waals surface area contributed by atoms with Crippen LogP contribution in [0.1, 0.15) is 42.2 Å². The molecule has 0 aliphatic rings. The van der Waals surface area contributed by atoms with Crippen molar-refractivity contribution in [1.82, 2.24) is 14.8 Å². The molecule has 0 aliphatic heterocycles. The van der Waals surface area contributed by atoms with Gasteiger partial charge in [0.05, 0.1) is 17.9 Å². The second kappa shape index (κ2) is 6.02. The second-order valence-electron chi connectivity index (χ2n) is 4.27. The number of halogens is 2.